The molecule has 144 valence electrons. The molecule has 0 aliphatic heterocycles. The van der Waals surface area contributed by atoms with Gasteiger partial charge in [0.1, 0.15) is 29.4 Å². The number of benzene rings is 2. The number of nitrogens with one attached hydrogen (secondary N) is 1. The number of hydrogen-bond acceptors (Lipinski definition) is 6. The summed E-state index contributed by atoms with van der Waals surface area (Å²) < 4.78 is 15.9. The topological polar surface area (TPSA) is 98.0 Å². The van der Waals surface area contributed by atoms with Crippen LogP contribution in [-0.4, -0.2) is 23.6 Å². The zero-order valence-corrected chi connectivity index (χ0v) is 15.2. The Morgan fingerprint density at radius 3 is 2.57 bits per heavy atom. The lowest BCUT2D eigenvalue weighted by Crippen LogP contribution is -2.11. The van der Waals surface area contributed by atoms with Crippen LogP contribution in [0.4, 0.5) is 5.69 Å². The third kappa shape index (κ3) is 4.70. The molecule has 2 N–H and O–H groups in total. The molecule has 0 saturated carbocycles. The van der Waals surface area contributed by atoms with E-state index in [4.69, 9.17) is 13.9 Å². The lowest BCUT2D eigenvalue weighted by Gasteiger charge is -2.07. The van der Waals surface area contributed by atoms with Gasteiger partial charge in [-0.05, 0) is 43.3 Å². The molecule has 0 radical (unpaired) electrons. The fourth-order valence-corrected chi connectivity index (χ4v) is 2.43. The van der Waals surface area contributed by atoms with Gasteiger partial charge in [-0.3, -0.25) is 4.79 Å². The van der Waals surface area contributed by atoms with Crippen LogP contribution in [0.25, 0.3) is 0 Å². The van der Waals surface area contributed by atoms with Gasteiger partial charge in [0, 0.05) is 11.8 Å². The molecule has 7 nitrogen and oxygen atoms in total. The SMILES string of the molecule is CCOC(=O)c1ccc(NC(=O)c2ccc(COc3ccccc3)o2)cc1O. The molecule has 1 amide bonds. The number of ether oxygens (including phenoxy) is 2. The maximum absolute atomic E-state index is 12.3. The molecule has 0 fully saturated rings. The molecule has 0 spiro atoms. The molecular weight excluding hydrogens is 362 g/mol. The minimum Gasteiger partial charge on any atom is -0.507 e. The Morgan fingerprint density at radius 2 is 1.86 bits per heavy atom. The molecule has 0 aliphatic rings. The highest BCUT2D eigenvalue weighted by Gasteiger charge is 2.15. The number of hydrogen-bond donors (Lipinski definition) is 2. The van der Waals surface area contributed by atoms with Gasteiger partial charge in [0.25, 0.3) is 5.91 Å². The summed E-state index contributed by atoms with van der Waals surface area (Å²) in [6.45, 7) is 2.06. The van der Waals surface area contributed by atoms with Crippen molar-refractivity contribution in [3.63, 3.8) is 0 Å². The van der Waals surface area contributed by atoms with Crippen LogP contribution in [0, 0.1) is 0 Å². The van der Waals surface area contributed by atoms with Crippen molar-refractivity contribution in [3.05, 3.63) is 77.7 Å². The second-order valence-corrected chi connectivity index (χ2v) is 5.77. The van der Waals surface area contributed by atoms with Gasteiger partial charge in [-0.1, -0.05) is 18.2 Å². The maximum Gasteiger partial charge on any atom is 0.341 e. The number of rotatable bonds is 7. The predicted octanol–water partition coefficient (Wildman–Crippen LogP) is 3.99. The van der Waals surface area contributed by atoms with Gasteiger partial charge in [0.2, 0.25) is 0 Å². The summed E-state index contributed by atoms with van der Waals surface area (Å²) in [7, 11) is 0. The smallest absolute Gasteiger partial charge is 0.341 e. The predicted molar refractivity (Wildman–Crippen MR) is 101 cm³/mol. The number of phenols is 1. The fourth-order valence-electron chi connectivity index (χ4n) is 2.43. The minimum absolute atomic E-state index is 0.0261. The van der Waals surface area contributed by atoms with Gasteiger partial charge in [-0.15, -0.1) is 0 Å². The molecule has 3 aromatic rings. The van der Waals surface area contributed by atoms with Gasteiger partial charge in [-0.25, -0.2) is 4.79 Å². The number of carbonyl (C=O) groups excluding carboxylic acids is 2. The number of phenolic OH excluding ortho intramolecular Hbond substituents is 1. The quantitative estimate of drug-likeness (QED) is 0.601. The van der Waals surface area contributed by atoms with Gasteiger partial charge in [0.15, 0.2) is 5.76 Å². The summed E-state index contributed by atoms with van der Waals surface area (Å²) >= 11 is 0. The van der Waals surface area contributed by atoms with E-state index in [1.54, 1.807) is 13.0 Å². The van der Waals surface area contributed by atoms with Crippen LogP contribution in [0.5, 0.6) is 11.5 Å². The Kier molecular flexibility index (Phi) is 5.96. The van der Waals surface area contributed by atoms with Crippen molar-refractivity contribution in [2.45, 2.75) is 13.5 Å². The Labute approximate surface area is 161 Å². The second kappa shape index (κ2) is 8.77. The molecule has 2 aromatic carbocycles. The number of furan rings is 1. The van der Waals surface area contributed by atoms with Crippen molar-refractivity contribution in [2.24, 2.45) is 0 Å². The van der Waals surface area contributed by atoms with Gasteiger partial charge in [-0.2, -0.15) is 0 Å². The van der Waals surface area contributed by atoms with E-state index in [0.29, 0.717) is 17.2 Å². The average Bonchev–Trinajstić information content (AvgIpc) is 3.17. The highest BCUT2D eigenvalue weighted by atomic mass is 16.5. The molecule has 0 saturated heterocycles. The first-order valence-electron chi connectivity index (χ1n) is 8.65. The molecular formula is C21H19NO6. The van der Waals surface area contributed by atoms with Crippen LogP contribution in [-0.2, 0) is 11.3 Å². The molecule has 1 heterocycles. The fraction of sp³-hybridized carbons (Fsp3) is 0.143. The van der Waals surface area contributed by atoms with Gasteiger partial charge >= 0.3 is 5.97 Å². The third-order valence-corrected chi connectivity index (χ3v) is 3.76. The first-order chi connectivity index (χ1) is 13.6. The molecule has 3 rings (SSSR count). The molecule has 0 bridgehead atoms. The summed E-state index contributed by atoms with van der Waals surface area (Å²) in [5, 5.41) is 12.6. The summed E-state index contributed by atoms with van der Waals surface area (Å²) in [4.78, 5) is 24.0. The zero-order chi connectivity index (χ0) is 19.9. The van der Waals surface area contributed by atoms with Crippen molar-refractivity contribution >= 4 is 17.6 Å². The molecule has 7 heteroatoms. The number of para-hydroxylation sites is 1. The second-order valence-electron chi connectivity index (χ2n) is 5.77. The number of amides is 1. The first-order valence-corrected chi connectivity index (χ1v) is 8.65. The summed E-state index contributed by atoms with van der Waals surface area (Å²) in [6.07, 6.45) is 0. The lowest BCUT2D eigenvalue weighted by atomic mass is 10.2. The number of carbonyl (C=O) groups is 2. The van der Waals surface area contributed by atoms with Gasteiger partial charge in [0.05, 0.1) is 6.61 Å². The van der Waals surface area contributed by atoms with Crippen molar-refractivity contribution < 1.29 is 28.6 Å². The van der Waals surface area contributed by atoms with E-state index in [1.807, 2.05) is 30.3 Å². The van der Waals surface area contributed by atoms with Crippen molar-refractivity contribution in [1.29, 1.82) is 0 Å². The van der Waals surface area contributed by atoms with Crippen molar-refractivity contribution in [1.82, 2.24) is 0 Å². The van der Waals surface area contributed by atoms with E-state index in [-0.39, 0.29) is 30.3 Å². The molecule has 0 aliphatic carbocycles. The Morgan fingerprint density at radius 1 is 1.07 bits per heavy atom. The highest BCUT2D eigenvalue weighted by Crippen LogP contribution is 2.23. The third-order valence-electron chi connectivity index (χ3n) is 3.76. The summed E-state index contributed by atoms with van der Waals surface area (Å²) in [6, 6.07) is 16.6. The van der Waals surface area contributed by atoms with E-state index in [0.717, 1.165) is 0 Å². The Hall–Kier alpha value is -3.74. The van der Waals surface area contributed by atoms with Crippen LogP contribution in [0.2, 0.25) is 0 Å². The van der Waals surface area contributed by atoms with Crippen LogP contribution < -0.4 is 10.1 Å². The van der Waals surface area contributed by atoms with Crippen LogP contribution in [0.1, 0.15) is 33.6 Å². The first kappa shape index (κ1) is 19.0. The average molecular weight is 381 g/mol. The number of esters is 1. The summed E-state index contributed by atoms with van der Waals surface area (Å²) in [5.74, 6) is -0.119. The van der Waals surface area contributed by atoms with Crippen LogP contribution in [0.3, 0.4) is 0 Å². The van der Waals surface area contributed by atoms with E-state index < -0.39 is 11.9 Å². The van der Waals surface area contributed by atoms with Crippen molar-refractivity contribution in [3.8, 4) is 11.5 Å². The van der Waals surface area contributed by atoms with Crippen LogP contribution >= 0.6 is 0 Å². The molecule has 28 heavy (non-hydrogen) atoms. The monoisotopic (exact) mass is 381 g/mol. The largest absolute Gasteiger partial charge is 0.507 e. The zero-order valence-electron chi connectivity index (χ0n) is 15.2. The summed E-state index contributed by atoms with van der Waals surface area (Å²) in [5.41, 5.74) is 0.340. The van der Waals surface area contributed by atoms with E-state index in [1.165, 1.54) is 24.3 Å². The maximum atomic E-state index is 12.3. The Balaban J connectivity index is 1.61. The molecule has 1 aromatic heterocycles. The number of anilines is 1. The van der Waals surface area contributed by atoms with Crippen molar-refractivity contribution in [2.75, 3.05) is 11.9 Å². The van der Waals surface area contributed by atoms with E-state index >= 15 is 0 Å². The normalized spacial score (nSPS) is 10.3. The molecule has 0 unspecified atom stereocenters. The Bertz CT molecular complexity index is 964. The van der Waals surface area contributed by atoms with E-state index in [9.17, 15) is 14.7 Å². The van der Waals surface area contributed by atoms with Crippen LogP contribution in [0.15, 0.2) is 65.1 Å². The highest BCUT2D eigenvalue weighted by molar-refractivity contribution is 6.03. The standard InChI is InChI=1S/C21H19NO6/c1-2-26-21(25)17-10-8-14(12-18(17)23)22-20(24)19-11-9-16(28-19)13-27-15-6-4-3-5-7-15/h3-12,23H,2,13H2,1H3,(H,22,24). The lowest BCUT2D eigenvalue weighted by molar-refractivity contribution is 0.0523. The van der Waals surface area contributed by atoms with Gasteiger partial charge < -0.3 is 24.3 Å². The number of aromatic hydroxyl groups is 1. The minimum atomic E-state index is -0.632. The molecule has 0 atom stereocenters. The van der Waals surface area contributed by atoms with E-state index in [2.05, 4.69) is 5.32 Å².